The highest BCUT2D eigenvalue weighted by Crippen LogP contribution is 2.19. The van der Waals surface area contributed by atoms with Gasteiger partial charge in [0.05, 0.1) is 30.5 Å². The van der Waals surface area contributed by atoms with E-state index in [4.69, 9.17) is 9.47 Å². The third-order valence-electron chi connectivity index (χ3n) is 2.39. The lowest BCUT2D eigenvalue weighted by atomic mass is 10.3. The molecule has 17 heavy (non-hydrogen) atoms. The van der Waals surface area contributed by atoms with Crippen molar-refractivity contribution in [3.63, 3.8) is 0 Å². The smallest absolute Gasteiger partial charge is 0.0954 e. The minimum absolute atomic E-state index is 0.656. The van der Waals surface area contributed by atoms with Gasteiger partial charge in [0.2, 0.25) is 0 Å². The van der Waals surface area contributed by atoms with E-state index in [9.17, 15) is 0 Å². The van der Waals surface area contributed by atoms with Crippen LogP contribution in [0.15, 0.2) is 0 Å². The van der Waals surface area contributed by atoms with Crippen LogP contribution >= 0.6 is 11.3 Å². The Labute approximate surface area is 107 Å². The molecular weight excluding hydrogens is 236 g/mol. The fraction of sp³-hybridized carbons (Fsp3) is 0.750. The summed E-state index contributed by atoms with van der Waals surface area (Å²) in [5, 5.41) is 4.35. The minimum Gasteiger partial charge on any atom is -0.382 e. The first kappa shape index (κ1) is 14.6. The highest BCUT2D eigenvalue weighted by Gasteiger charge is 2.08. The summed E-state index contributed by atoms with van der Waals surface area (Å²) >= 11 is 1.79. The number of hydrogen-bond acceptors (Lipinski definition) is 5. The van der Waals surface area contributed by atoms with E-state index in [-0.39, 0.29) is 0 Å². The molecule has 0 aliphatic rings. The normalized spacial score (nSPS) is 11.0. The molecule has 0 radical (unpaired) electrons. The minimum atomic E-state index is 0.656. The van der Waals surface area contributed by atoms with Crippen LogP contribution in [0.3, 0.4) is 0 Å². The number of methoxy groups -OCH3 is 1. The number of ether oxygens (including phenoxy) is 2. The highest BCUT2D eigenvalue weighted by molar-refractivity contribution is 7.11. The van der Waals surface area contributed by atoms with Crippen molar-refractivity contribution >= 4 is 11.3 Å². The third-order valence-corrected chi connectivity index (χ3v) is 3.54. The zero-order valence-electron chi connectivity index (χ0n) is 10.9. The highest BCUT2D eigenvalue weighted by atomic mass is 32.1. The van der Waals surface area contributed by atoms with E-state index >= 15 is 0 Å². The first-order valence-electron chi connectivity index (χ1n) is 6.00. The monoisotopic (exact) mass is 258 g/mol. The molecule has 0 unspecified atom stereocenters. The predicted molar refractivity (Wildman–Crippen MR) is 70.7 cm³/mol. The van der Waals surface area contributed by atoms with E-state index in [0.717, 1.165) is 26.0 Å². The molecule has 0 fully saturated rings. The second-order valence-electron chi connectivity index (χ2n) is 3.72. The number of nitrogens with one attached hydrogen (secondary N) is 1. The van der Waals surface area contributed by atoms with Crippen LogP contribution in [0.25, 0.3) is 0 Å². The molecule has 1 N–H and O–H groups in total. The van der Waals surface area contributed by atoms with E-state index in [2.05, 4.69) is 17.2 Å². The van der Waals surface area contributed by atoms with Crippen molar-refractivity contribution in [3.05, 3.63) is 15.6 Å². The molecule has 1 rings (SSSR count). The maximum atomic E-state index is 5.45. The molecule has 0 saturated heterocycles. The van der Waals surface area contributed by atoms with Gasteiger partial charge in [-0.15, -0.1) is 11.3 Å². The van der Waals surface area contributed by atoms with Gasteiger partial charge in [0.15, 0.2) is 0 Å². The predicted octanol–water partition coefficient (Wildman–Crippen LogP) is 1.63. The number of aryl methyl sites for hydroxylation is 1. The molecule has 0 saturated carbocycles. The Kier molecular flexibility index (Phi) is 7.35. The summed E-state index contributed by atoms with van der Waals surface area (Å²) in [6.07, 6.45) is 1.89. The summed E-state index contributed by atoms with van der Waals surface area (Å²) in [5.74, 6) is 0. The largest absolute Gasteiger partial charge is 0.382 e. The maximum Gasteiger partial charge on any atom is 0.0954 e. The van der Waals surface area contributed by atoms with Crippen LogP contribution in [0, 0.1) is 0 Å². The third kappa shape index (κ3) is 5.12. The topological polar surface area (TPSA) is 43.4 Å². The number of rotatable bonds is 9. The van der Waals surface area contributed by atoms with Crippen LogP contribution in [0.2, 0.25) is 0 Å². The maximum absolute atomic E-state index is 5.45. The molecule has 0 aromatic carbocycles. The van der Waals surface area contributed by atoms with Crippen LogP contribution in [0.5, 0.6) is 0 Å². The Balaban J connectivity index is 2.37. The molecule has 1 aromatic rings. The molecule has 0 bridgehead atoms. The lowest BCUT2D eigenvalue weighted by Crippen LogP contribution is -2.05. The van der Waals surface area contributed by atoms with Gasteiger partial charge in [-0.3, -0.25) is 0 Å². The number of aromatic nitrogens is 1. The summed E-state index contributed by atoms with van der Waals surface area (Å²) in [6.45, 7) is 5.09. The number of thiazole rings is 1. The van der Waals surface area contributed by atoms with E-state index in [1.54, 1.807) is 18.4 Å². The summed E-state index contributed by atoms with van der Waals surface area (Å²) in [6, 6.07) is 0. The van der Waals surface area contributed by atoms with Crippen molar-refractivity contribution in [2.24, 2.45) is 0 Å². The van der Waals surface area contributed by atoms with Gasteiger partial charge in [0.25, 0.3) is 0 Å². The quantitative estimate of drug-likeness (QED) is 0.684. The van der Waals surface area contributed by atoms with Gasteiger partial charge in [-0.1, -0.05) is 6.92 Å². The van der Waals surface area contributed by atoms with Gasteiger partial charge in [-0.05, 0) is 13.5 Å². The molecule has 98 valence electrons. The van der Waals surface area contributed by atoms with Crippen molar-refractivity contribution < 1.29 is 9.47 Å². The van der Waals surface area contributed by atoms with E-state index in [0.29, 0.717) is 13.2 Å². The molecule has 1 heterocycles. The summed E-state index contributed by atoms with van der Waals surface area (Å²) < 4.78 is 10.4. The van der Waals surface area contributed by atoms with E-state index in [1.165, 1.54) is 15.6 Å². The molecule has 0 spiro atoms. The van der Waals surface area contributed by atoms with Crippen LogP contribution in [-0.2, 0) is 28.9 Å². The van der Waals surface area contributed by atoms with Crippen molar-refractivity contribution in [3.8, 4) is 0 Å². The van der Waals surface area contributed by atoms with Gasteiger partial charge in [-0.2, -0.15) is 0 Å². The first-order chi connectivity index (χ1) is 8.31. The molecule has 0 aliphatic heterocycles. The average molecular weight is 258 g/mol. The molecule has 0 aliphatic carbocycles. The molecule has 1 aromatic heterocycles. The molecule has 5 heteroatoms. The zero-order chi connectivity index (χ0) is 12.5. The fourth-order valence-corrected chi connectivity index (χ4v) is 2.67. The van der Waals surface area contributed by atoms with Crippen molar-refractivity contribution in [1.82, 2.24) is 10.3 Å². The number of nitrogens with zero attached hydrogens (tertiary/aromatic N) is 1. The molecule has 0 atom stereocenters. The Bertz CT molecular complexity index is 315. The molecule has 4 nitrogen and oxygen atoms in total. The van der Waals surface area contributed by atoms with Crippen LogP contribution in [-0.4, -0.2) is 39.0 Å². The molecule has 0 amide bonds. The van der Waals surface area contributed by atoms with Gasteiger partial charge in [0, 0.05) is 25.0 Å². The summed E-state index contributed by atoms with van der Waals surface area (Å²) in [5.41, 5.74) is 1.22. The van der Waals surface area contributed by atoms with Crippen LogP contribution < -0.4 is 5.32 Å². The van der Waals surface area contributed by atoms with Gasteiger partial charge < -0.3 is 14.8 Å². The second-order valence-corrected chi connectivity index (χ2v) is 4.88. The number of hydrogen-bond donors (Lipinski definition) is 1. The van der Waals surface area contributed by atoms with Gasteiger partial charge in [0.1, 0.15) is 0 Å². The Morgan fingerprint density at radius 2 is 2.12 bits per heavy atom. The van der Waals surface area contributed by atoms with Crippen LogP contribution in [0.4, 0.5) is 0 Å². The average Bonchev–Trinajstić information content (AvgIpc) is 2.72. The Morgan fingerprint density at radius 3 is 2.76 bits per heavy atom. The van der Waals surface area contributed by atoms with Crippen molar-refractivity contribution in [2.75, 3.05) is 34.0 Å². The fourth-order valence-electron chi connectivity index (χ4n) is 1.52. The lowest BCUT2D eigenvalue weighted by molar-refractivity contribution is 0.0722. The Morgan fingerprint density at radius 1 is 1.29 bits per heavy atom. The summed E-state index contributed by atoms with van der Waals surface area (Å²) in [7, 11) is 3.65. The van der Waals surface area contributed by atoms with Crippen molar-refractivity contribution in [2.45, 2.75) is 26.3 Å². The standard InChI is InChI=1S/C12H22N2O2S/c1-4-10-11(9-13-2)17-12(14-10)5-6-16-8-7-15-3/h13H,4-9H2,1-3H3. The summed E-state index contributed by atoms with van der Waals surface area (Å²) in [4.78, 5) is 5.98. The van der Waals surface area contributed by atoms with Crippen molar-refractivity contribution in [1.29, 1.82) is 0 Å². The van der Waals surface area contributed by atoms with E-state index in [1.807, 2.05) is 7.05 Å². The van der Waals surface area contributed by atoms with E-state index < -0.39 is 0 Å². The van der Waals surface area contributed by atoms with Crippen LogP contribution in [0.1, 0.15) is 22.5 Å². The lowest BCUT2D eigenvalue weighted by Gasteiger charge is -2.00. The van der Waals surface area contributed by atoms with Gasteiger partial charge in [-0.25, -0.2) is 4.98 Å². The second kappa shape index (κ2) is 8.58. The first-order valence-corrected chi connectivity index (χ1v) is 6.82. The SMILES string of the molecule is CCc1nc(CCOCCOC)sc1CNC. The van der Waals surface area contributed by atoms with Gasteiger partial charge >= 0.3 is 0 Å². The Hall–Kier alpha value is -0.490. The zero-order valence-corrected chi connectivity index (χ0v) is 11.7. The molecular formula is C12H22N2O2S.